The lowest BCUT2D eigenvalue weighted by Crippen LogP contribution is -2.51. The number of benzene rings is 2. The van der Waals surface area contributed by atoms with Crippen molar-refractivity contribution in [1.29, 1.82) is 0 Å². The summed E-state index contributed by atoms with van der Waals surface area (Å²) in [5, 5.41) is 2.59. The average molecular weight is 407 g/mol. The summed E-state index contributed by atoms with van der Waals surface area (Å²) in [5.41, 5.74) is 1.25. The van der Waals surface area contributed by atoms with Crippen molar-refractivity contribution >= 4 is 21.8 Å². The second kappa shape index (κ2) is 8.68. The zero-order valence-corrected chi connectivity index (χ0v) is 16.3. The van der Waals surface area contributed by atoms with Crippen LogP contribution in [-0.4, -0.2) is 49.7 Å². The first kappa shape index (κ1) is 20.2. The molecule has 1 N–H and O–H groups in total. The predicted octanol–water partition coefficient (Wildman–Crippen LogP) is 2.23. The third-order valence-corrected chi connectivity index (χ3v) is 6.36. The van der Waals surface area contributed by atoms with Gasteiger partial charge in [-0.3, -0.25) is 4.79 Å². The van der Waals surface area contributed by atoms with Gasteiger partial charge in [-0.2, -0.15) is 17.0 Å². The molecule has 2 aromatic carbocycles. The third-order valence-electron chi connectivity index (χ3n) is 4.43. The van der Waals surface area contributed by atoms with Crippen molar-refractivity contribution in [2.45, 2.75) is 13.0 Å². The maximum absolute atomic E-state index is 13.0. The molecule has 9 heteroatoms. The molecule has 0 aromatic heterocycles. The average Bonchev–Trinajstić information content (AvgIpc) is 2.67. The van der Waals surface area contributed by atoms with Gasteiger partial charge in [-0.05, 0) is 48.4 Å². The zero-order valence-electron chi connectivity index (χ0n) is 15.5. The van der Waals surface area contributed by atoms with Crippen molar-refractivity contribution in [1.82, 2.24) is 8.61 Å². The maximum Gasteiger partial charge on any atom is 0.282 e. The van der Waals surface area contributed by atoms with Gasteiger partial charge >= 0.3 is 0 Å². The highest BCUT2D eigenvalue weighted by atomic mass is 32.2. The standard InChI is InChI=1S/C19H22FN3O4S/c1-27-18-9-3-15(4-10-18)13-22-11-2-12-23(28(22,25)26)14-19(24)21-17-7-5-16(20)6-8-17/h3-10H,2,11-14H2,1H3,(H,21,24). The van der Waals surface area contributed by atoms with E-state index in [1.165, 1.54) is 32.9 Å². The molecule has 28 heavy (non-hydrogen) atoms. The first-order valence-corrected chi connectivity index (χ1v) is 10.2. The van der Waals surface area contributed by atoms with Gasteiger partial charge in [-0.1, -0.05) is 12.1 Å². The molecule has 0 atom stereocenters. The van der Waals surface area contributed by atoms with Crippen LogP contribution in [0.5, 0.6) is 5.75 Å². The molecule has 1 heterocycles. The number of rotatable bonds is 6. The highest BCUT2D eigenvalue weighted by molar-refractivity contribution is 7.86. The van der Waals surface area contributed by atoms with Crippen LogP contribution < -0.4 is 10.1 Å². The number of carbonyl (C=O) groups excluding carboxylic acids is 1. The Labute approximate surface area is 163 Å². The number of hydrogen-bond donors (Lipinski definition) is 1. The van der Waals surface area contributed by atoms with Gasteiger partial charge in [0, 0.05) is 25.3 Å². The first-order chi connectivity index (χ1) is 13.4. The molecule has 3 rings (SSSR count). The Morgan fingerprint density at radius 2 is 1.71 bits per heavy atom. The normalized spacial score (nSPS) is 17.2. The molecule has 1 aliphatic heterocycles. The Morgan fingerprint density at radius 3 is 2.36 bits per heavy atom. The van der Waals surface area contributed by atoms with Gasteiger partial charge in [0.05, 0.1) is 13.7 Å². The number of anilines is 1. The van der Waals surface area contributed by atoms with Crippen molar-refractivity contribution < 1.29 is 22.3 Å². The fourth-order valence-corrected chi connectivity index (χ4v) is 4.61. The lowest BCUT2D eigenvalue weighted by Gasteiger charge is -2.34. The smallest absolute Gasteiger partial charge is 0.282 e. The number of halogens is 1. The number of hydrogen-bond acceptors (Lipinski definition) is 4. The molecule has 2 aromatic rings. The number of amides is 1. The van der Waals surface area contributed by atoms with E-state index in [9.17, 15) is 17.6 Å². The predicted molar refractivity (Wildman–Crippen MR) is 104 cm³/mol. The number of nitrogens with one attached hydrogen (secondary N) is 1. The molecule has 0 bridgehead atoms. The van der Waals surface area contributed by atoms with Crippen molar-refractivity contribution in [3.8, 4) is 5.75 Å². The minimum Gasteiger partial charge on any atom is -0.497 e. The highest BCUT2D eigenvalue weighted by Crippen LogP contribution is 2.21. The van der Waals surface area contributed by atoms with E-state index < -0.39 is 21.9 Å². The van der Waals surface area contributed by atoms with Crippen LogP contribution in [0, 0.1) is 5.82 Å². The highest BCUT2D eigenvalue weighted by Gasteiger charge is 2.34. The number of nitrogens with zero attached hydrogens (tertiary/aromatic N) is 2. The van der Waals surface area contributed by atoms with E-state index in [0.717, 1.165) is 5.56 Å². The molecular formula is C19H22FN3O4S. The van der Waals surface area contributed by atoms with Crippen LogP contribution in [0.4, 0.5) is 10.1 Å². The van der Waals surface area contributed by atoms with Crippen LogP contribution in [0.3, 0.4) is 0 Å². The van der Waals surface area contributed by atoms with E-state index in [0.29, 0.717) is 24.4 Å². The summed E-state index contributed by atoms with van der Waals surface area (Å²) in [4.78, 5) is 12.2. The monoisotopic (exact) mass is 407 g/mol. The number of carbonyl (C=O) groups is 1. The molecule has 0 radical (unpaired) electrons. The van der Waals surface area contributed by atoms with Gasteiger partial charge in [0.15, 0.2) is 0 Å². The number of ether oxygens (including phenoxy) is 1. The van der Waals surface area contributed by atoms with E-state index in [1.807, 2.05) is 12.1 Å². The quantitative estimate of drug-likeness (QED) is 0.797. The number of methoxy groups -OCH3 is 1. The van der Waals surface area contributed by atoms with Crippen molar-refractivity contribution in [3.05, 3.63) is 59.9 Å². The lowest BCUT2D eigenvalue weighted by atomic mass is 10.2. The van der Waals surface area contributed by atoms with Gasteiger partial charge < -0.3 is 10.1 Å². The van der Waals surface area contributed by atoms with Gasteiger partial charge in [0.25, 0.3) is 10.2 Å². The van der Waals surface area contributed by atoms with E-state index >= 15 is 0 Å². The fraction of sp³-hybridized carbons (Fsp3) is 0.316. The van der Waals surface area contributed by atoms with Crippen LogP contribution in [0.25, 0.3) is 0 Å². The summed E-state index contributed by atoms with van der Waals surface area (Å²) >= 11 is 0. The molecule has 7 nitrogen and oxygen atoms in total. The Balaban J connectivity index is 1.64. The minimum absolute atomic E-state index is 0.225. The van der Waals surface area contributed by atoms with Crippen LogP contribution in [0.2, 0.25) is 0 Å². The molecule has 1 saturated heterocycles. The van der Waals surface area contributed by atoms with Crippen LogP contribution in [0.1, 0.15) is 12.0 Å². The lowest BCUT2D eigenvalue weighted by molar-refractivity contribution is -0.116. The van der Waals surface area contributed by atoms with E-state index in [1.54, 1.807) is 19.2 Å². The van der Waals surface area contributed by atoms with E-state index in [2.05, 4.69) is 5.32 Å². The Bertz CT molecular complexity index is 917. The molecule has 150 valence electrons. The second-order valence-electron chi connectivity index (χ2n) is 6.43. The van der Waals surface area contributed by atoms with Gasteiger partial charge in [0.1, 0.15) is 11.6 Å². The summed E-state index contributed by atoms with van der Waals surface area (Å²) in [6.07, 6.45) is 0.624. The van der Waals surface area contributed by atoms with E-state index in [-0.39, 0.29) is 19.6 Å². The Hall–Kier alpha value is -2.49. The van der Waals surface area contributed by atoms with E-state index in [4.69, 9.17) is 4.74 Å². The molecule has 0 saturated carbocycles. The fourth-order valence-electron chi connectivity index (χ4n) is 2.97. The largest absolute Gasteiger partial charge is 0.497 e. The van der Waals surface area contributed by atoms with Crippen LogP contribution >= 0.6 is 0 Å². The Kier molecular flexibility index (Phi) is 6.28. The SMILES string of the molecule is COc1ccc(CN2CCCN(CC(=O)Nc3ccc(F)cc3)S2(=O)=O)cc1. The first-order valence-electron chi connectivity index (χ1n) is 8.82. The van der Waals surface area contributed by atoms with Crippen molar-refractivity contribution in [2.75, 3.05) is 32.1 Å². The summed E-state index contributed by atoms with van der Waals surface area (Å²) in [6.45, 7) is 0.601. The topological polar surface area (TPSA) is 79.0 Å². The van der Waals surface area contributed by atoms with Crippen molar-refractivity contribution in [2.24, 2.45) is 0 Å². The molecular weight excluding hydrogens is 385 g/mol. The zero-order chi connectivity index (χ0) is 20.1. The van der Waals surface area contributed by atoms with Gasteiger partial charge in [0.2, 0.25) is 5.91 Å². The summed E-state index contributed by atoms with van der Waals surface area (Å²) in [6, 6.07) is 12.5. The molecule has 0 unspecified atom stereocenters. The maximum atomic E-state index is 13.0. The summed E-state index contributed by atoms with van der Waals surface area (Å²) in [5.74, 6) is -0.184. The Morgan fingerprint density at radius 1 is 1.07 bits per heavy atom. The minimum atomic E-state index is -3.76. The molecule has 1 fully saturated rings. The van der Waals surface area contributed by atoms with Crippen LogP contribution in [0.15, 0.2) is 48.5 Å². The summed E-state index contributed by atoms with van der Waals surface area (Å²) in [7, 11) is -2.19. The summed E-state index contributed by atoms with van der Waals surface area (Å²) < 4.78 is 46.3. The van der Waals surface area contributed by atoms with Crippen molar-refractivity contribution in [3.63, 3.8) is 0 Å². The van der Waals surface area contributed by atoms with Gasteiger partial charge in [-0.15, -0.1) is 0 Å². The third kappa shape index (κ3) is 4.86. The molecule has 0 spiro atoms. The van der Waals surface area contributed by atoms with Gasteiger partial charge in [-0.25, -0.2) is 4.39 Å². The second-order valence-corrected chi connectivity index (χ2v) is 8.36. The molecule has 1 amide bonds. The van der Waals surface area contributed by atoms with Crippen LogP contribution in [-0.2, 0) is 21.5 Å². The molecule has 0 aliphatic carbocycles. The molecule has 1 aliphatic rings.